The molecule has 1 amide bonds. The van der Waals surface area contributed by atoms with Gasteiger partial charge in [-0.1, -0.05) is 53.6 Å². The van der Waals surface area contributed by atoms with E-state index in [1.165, 1.54) is 0 Å². The standard InChI is InChI=1S/C12H14BrClN2OS/c1-12(2,11(15)18)6-16-10(17)7-3-8(13)5-9(14)4-7/h3-5H,6H2,1-2H3,(H2,15,18)(H,16,17). The van der Waals surface area contributed by atoms with Gasteiger partial charge in [-0.25, -0.2) is 0 Å². The summed E-state index contributed by atoms with van der Waals surface area (Å²) in [5.74, 6) is -0.206. The molecule has 3 nitrogen and oxygen atoms in total. The van der Waals surface area contributed by atoms with Gasteiger partial charge in [0.05, 0.1) is 4.99 Å². The van der Waals surface area contributed by atoms with Gasteiger partial charge in [0.2, 0.25) is 0 Å². The maximum atomic E-state index is 11.9. The normalized spacial score (nSPS) is 11.1. The molecule has 0 aliphatic carbocycles. The van der Waals surface area contributed by atoms with Crippen molar-refractivity contribution in [3.63, 3.8) is 0 Å². The first-order valence-corrected chi connectivity index (χ1v) is 6.84. The highest BCUT2D eigenvalue weighted by Crippen LogP contribution is 2.20. The summed E-state index contributed by atoms with van der Waals surface area (Å²) in [4.78, 5) is 12.3. The van der Waals surface area contributed by atoms with Crippen LogP contribution in [-0.2, 0) is 0 Å². The first-order chi connectivity index (χ1) is 8.22. The number of thiocarbonyl (C=S) groups is 1. The number of carbonyl (C=O) groups is 1. The third-order valence-corrected chi connectivity index (χ3v) is 3.71. The molecule has 0 aliphatic heterocycles. The molecule has 0 saturated heterocycles. The largest absolute Gasteiger partial charge is 0.393 e. The Morgan fingerprint density at radius 3 is 2.61 bits per heavy atom. The summed E-state index contributed by atoms with van der Waals surface area (Å²) in [6.07, 6.45) is 0. The lowest BCUT2D eigenvalue weighted by atomic mass is 9.93. The molecule has 6 heteroatoms. The van der Waals surface area contributed by atoms with Crippen LogP contribution in [0.2, 0.25) is 5.02 Å². The molecule has 0 aliphatic rings. The average molecular weight is 350 g/mol. The average Bonchev–Trinajstić information content (AvgIpc) is 2.24. The minimum Gasteiger partial charge on any atom is -0.393 e. The predicted molar refractivity (Wildman–Crippen MR) is 82.1 cm³/mol. The van der Waals surface area contributed by atoms with E-state index in [0.717, 1.165) is 4.47 Å². The van der Waals surface area contributed by atoms with E-state index in [4.69, 9.17) is 29.6 Å². The van der Waals surface area contributed by atoms with Gasteiger partial charge in [0.1, 0.15) is 0 Å². The molecule has 98 valence electrons. The first kappa shape index (κ1) is 15.4. The zero-order valence-corrected chi connectivity index (χ0v) is 13.2. The third-order valence-electron chi connectivity index (χ3n) is 2.48. The molecule has 1 rings (SSSR count). The second-order valence-corrected chi connectivity index (χ2v) is 6.38. The van der Waals surface area contributed by atoms with Gasteiger partial charge < -0.3 is 11.1 Å². The zero-order valence-electron chi connectivity index (χ0n) is 10.1. The van der Waals surface area contributed by atoms with Crippen LogP contribution in [0.1, 0.15) is 24.2 Å². The number of benzene rings is 1. The fourth-order valence-electron chi connectivity index (χ4n) is 1.18. The number of rotatable bonds is 4. The number of nitrogens with two attached hydrogens (primary N) is 1. The van der Waals surface area contributed by atoms with Crippen LogP contribution in [0, 0.1) is 5.41 Å². The summed E-state index contributed by atoms with van der Waals surface area (Å²) in [7, 11) is 0. The lowest BCUT2D eigenvalue weighted by Crippen LogP contribution is -2.41. The van der Waals surface area contributed by atoms with Gasteiger partial charge in [-0.3, -0.25) is 4.79 Å². The summed E-state index contributed by atoms with van der Waals surface area (Å²) in [6.45, 7) is 4.14. The number of amides is 1. The highest BCUT2D eigenvalue weighted by atomic mass is 79.9. The van der Waals surface area contributed by atoms with Crippen LogP contribution in [0.4, 0.5) is 0 Å². The highest BCUT2D eigenvalue weighted by molar-refractivity contribution is 9.10. The summed E-state index contributed by atoms with van der Waals surface area (Å²) in [6, 6.07) is 5.03. The second kappa shape index (κ2) is 5.99. The summed E-state index contributed by atoms with van der Waals surface area (Å²) in [5.41, 5.74) is 5.67. The third kappa shape index (κ3) is 4.23. The monoisotopic (exact) mass is 348 g/mol. The first-order valence-electron chi connectivity index (χ1n) is 5.26. The van der Waals surface area contributed by atoms with E-state index >= 15 is 0 Å². The van der Waals surface area contributed by atoms with Gasteiger partial charge in [0.15, 0.2) is 0 Å². The molecule has 0 bridgehead atoms. The summed E-state index contributed by atoms with van der Waals surface area (Å²) < 4.78 is 0.758. The predicted octanol–water partition coefficient (Wildman–Crippen LogP) is 3.14. The van der Waals surface area contributed by atoms with E-state index in [2.05, 4.69) is 21.2 Å². The van der Waals surface area contributed by atoms with Crippen molar-refractivity contribution in [3.05, 3.63) is 33.3 Å². The van der Waals surface area contributed by atoms with Gasteiger partial charge in [0, 0.05) is 27.0 Å². The zero-order chi connectivity index (χ0) is 13.9. The van der Waals surface area contributed by atoms with Crippen LogP contribution < -0.4 is 11.1 Å². The molecule has 1 aromatic carbocycles. The van der Waals surface area contributed by atoms with Gasteiger partial charge >= 0.3 is 0 Å². The van der Waals surface area contributed by atoms with Crippen molar-refractivity contribution < 1.29 is 4.79 Å². The van der Waals surface area contributed by atoms with Crippen LogP contribution in [0.25, 0.3) is 0 Å². The molecule has 0 heterocycles. The number of nitrogens with one attached hydrogen (secondary N) is 1. The lowest BCUT2D eigenvalue weighted by Gasteiger charge is -2.23. The minimum absolute atomic E-state index is 0.206. The summed E-state index contributed by atoms with van der Waals surface area (Å²) >= 11 is 14.1. The highest BCUT2D eigenvalue weighted by Gasteiger charge is 2.22. The van der Waals surface area contributed by atoms with Gasteiger partial charge in [-0.05, 0) is 18.2 Å². The number of halogens is 2. The number of hydrogen-bond acceptors (Lipinski definition) is 2. The van der Waals surface area contributed by atoms with E-state index in [1.54, 1.807) is 18.2 Å². The maximum Gasteiger partial charge on any atom is 0.251 e. The van der Waals surface area contributed by atoms with Crippen molar-refractivity contribution in [2.45, 2.75) is 13.8 Å². The Kier molecular flexibility index (Phi) is 5.13. The Bertz CT molecular complexity index is 471. The van der Waals surface area contributed by atoms with Crippen molar-refractivity contribution in [2.75, 3.05) is 6.54 Å². The van der Waals surface area contributed by atoms with E-state index in [-0.39, 0.29) is 5.91 Å². The molecule has 1 aromatic rings. The quantitative estimate of drug-likeness (QED) is 0.821. The van der Waals surface area contributed by atoms with E-state index in [0.29, 0.717) is 22.1 Å². The van der Waals surface area contributed by atoms with Crippen LogP contribution in [0.15, 0.2) is 22.7 Å². The Labute approximate surface area is 125 Å². The maximum absolute atomic E-state index is 11.9. The Morgan fingerprint density at radius 1 is 1.50 bits per heavy atom. The van der Waals surface area contributed by atoms with Crippen LogP contribution in [0.5, 0.6) is 0 Å². The summed E-state index contributed by atoms with van der Waals surface area (Å²) in [5, 5.41) is 3.29. The fraction of sp³-hybridized carbons (Fsp3) is 0.333. The molecule has 0 atom stereocenters. The lowest BCUT2D eigenvalue weighted by molar-refractivity contribution is 0.0945. The van der Waals surface area contributed by atoms with Gasteiger partial charge in [0.25, 0.3) is 5.91 Å². The van der Waals surface area contributed by atoms with Gasteiger partial charge in [-0.15, -0.1) is 0 Å². The molecular formula is C12H14BrClN2OS. The molecule has 18 heavy (non-hydrogen) atoms. The molecule has 0 unspecified atom stereocenters. The smallest absolute Gasteiger partial charge is 0.251 e. The van der Waals surface area contributed by atoms with Crippen LogP contribution >= 0.6 is 39.7 Å². The van der Waals surface area contributed by atoms with Crippen molar-refractivity contribution >= 4 is 50.6 Å². The van der Waals surface area contributed by atoms with E-state index in [1.807, 2.05) is 13.8 Å². The molecule has 3 N–H and O–H groups in total. The van der Waals surface area contributed by atoms with E-state index < -0.39 is 5.41 Å². The molecular weight excluding hydrogens is 336 g/mol. The van der Waals surface area contributed by atoms with Crippen LogP contribution in [0.3, 0.4) is 0 Å². The van der Waals surface area contributed by atoms with Crippen LogP contribution in [-0.4, -0.2) is 17.4 Å². The van der Waals surface area contributed by atoms with E-state index in [9.17, 15) is 4.79 Å². The van der Waals surface area contributed by atoms with Crippen molar-refractivity contribution in [1.82, 2.24) is 5.32 Å². The second-order valence-electron chi connectivity index (χ2n) is 4.59. The van der Waals surface area contributed by atoms with Crippen molar-refractivity contribution in [2.24, 2.45) is 11.1 Å². The molecule has 0 radical (unpaired) electrons. The molecule has 0 fully saturated rings. The Hall–Kier alpha value is -0.650. The van der Waals surface area contributed by atoms with Crippen molar-refractivity contribution in [3.8, 4) is 0 Å². The number of hydrogen-bond donors (Lipinski definition) is 2. The fourth-order valence-corrected chi connectivity index (χ4v) is 2.11. The minimum atomic E-state index is -0.416. The Balaban J connectivity index is 2.75. The number of carbonyl (C=O) groups excluding carboxylic acids is 1. The Morgan fingerprint density at radius 2 is 2.11 bits per heavy atom. The topological polar surface area (TPSA) is 55.1 Å². The molecule has 0 spiro atoms. The SMILES string of the molecule is CC(C)(CNC(=O)c1cc(Cl)cc(Br)c1)C(N)=S. The molecule has 0 saturated carbocycles. The van der Waals surface area contributed by atoms with Crippen molar-refractivity contribution in [1.29, 1.82) is 0 Å². The van der Waals surface area contributed by atoms with Gasteiger partial charge in [-0.2, -0.15) is 0 Å². The molecule has 0 aromatic heterocycles.